The van der Waals surface area contributed by atoms with Crippen molar-refractivity contribution in [3.8, 4) is 0 Å². The highest BCUT2D eigenvalue weighted by Crippen LogP contribution is 2.20. The van der Waals surface area contributed by atoms with Crippen LogP contribution in [0, 0.1) is 15.9 Å². The number of benzene rings is 1. The van der Waals surface area contributed by atoms with E-state index in [1.165, 1.54) is 0 Å². The molecule has 0 saturated heterocycles. The van der Waals surface area contributed by atoms with Crippen LogP contribution >= 0.6 is 0 Å². The summed E-state index contributed by atoms with van der Waals surface area (Å²) in [6, 6.07) is 2.07. The number of nitrogens with one attached hydrogen (secondary N) is 2. The van der Waals surface area contributed by atoms with E-state index in [1.807, 2.05) is 0 Å². The number of amides is 2. The average Bonchev–Trinajstić information content (AvgIpc) is 2.37. The molecule has 114 valence electrons. The zero-order valence-corrected chi connectivity index (χ0v) is 10.6. The first-order valence-corrected chi connectivity index (χ1v) is 5.71. The molecule has 1 aromatic carbocycles. The Kier molecular flexibility index (Phi) is 5.55. The van der Waals surface area contributed by atoms with E-state index in [9.17, 15) is 24.1 Å². The van der Waals surface area contributed by atoms with Crippen molar-refractivity contribution < 1.29 is 29.1 Å². The first-order chi connectivity index (χ1) is 9.81. The average molecular weight is 301 g/mol. The van der Waals surface area contributed by atoms with Crippen LogP contribution in [0.25, 0.3) is 0 Å². The van der Waals surface area contributed by atoms with Gasteiger partial charge in [0.05, 0.1) is 4.92 Å². The smallest absolute Gasteiger partial charge is 0.332 e. The maximum Gasteiger partial charge on any atom is 0.332 e. The van der Waals surface area contributed by atoms with Crippen molar-refractivity contribution in [2.24, 2.45) is 0 Å². The van der Waals surface area contributed by atoms with Crippen LogP contribution in [0.5, 0.6) is 0 Å². The van der Waals surface area contributed by atoms with Crippen LogP contribution in [0.2, 0.25) is 0 Å². The van der Waals surface area contributed by atoms with Crippen LogP contribution in [-0.2, 0) is 4.79 Å². The van der Waals surface area contributed by atoms with Gasteiger partial charge in [-0.2, -0.15) is 4.39 Å². The Morgan fingerprint density at radius 3 is 2.62 bits per heavy atom. The molecular formula is C11H12FN3O6. The summed E-state index contributed by atoms with van der Waals surface area (Å²) < 4.78 is 13.3. The SMILES string of the molecule is O=C(NCCC(O)C(=O)O)Nc1ccc([N+](=O)[O-])c(F)c1. The fraction of sp³-hybridized carbons (Fsp3) is 0.273. The number of urea groups is 1. The number of hydrogen-bond acceptors (Lipinski definition) is 5. The first-order valence-electron chi connectivity index (χ1n) is 5.71. The number of nitro groups is 1. The van der Waals surface area contributed by atoms with Gasteiger partial charge in [-0.15, -0.1) is 0 Å². The highest BCUT2D eigenvalue weighted by molar-refractivity contribution is 5.89. The van der Waals surface area contributed by atoms with Crippen molar-refractivity contribution in [3.63, 3.8) is 0 Å². The van der Waals surface area contributed by atoms with Gasteiger partial charge in [-0.1, -0.05) is 0 Å². The van der Waals surface area contributed by atoms with Crippen molar-refractivity contribution in [1.29, 1.82) is 0 Å². The fourth-order valence-corrected chi connectivity index (χ4v) is 1.35. The van der Waals surface area contributed by atoms with Gasteiger partial charge in [0.15, 0.2) is 6.10 Å². The van der Waals surface area contributed by atoms with E-state index in [0.717, 1.165) is 18.2 Å². The Bertz CT molecular complexity index is 565. The Balaban J connectivity index is 2.50. The number of carbonyl (C=O) groups excluding carboxylic acids is 1. The largest absolute Gasteiger partial charge is 0.479 e. The molecule has 9 nitrogen and oxygen atoms in total. The third kappa shape index (κ3) is 5.03. The van der Waals surface area contributed by atoms with Gasteiger partial charge >= 0.3 is 17.7 Å². The normalized spacial score (nSPS) is 11.5. The first kappa shape index (κ1) is 16.3. The number of aliphatic carboxylic acids is 1. The van der Waals surface area contributed by atoms with Gasteiger partial charge in [0, 0.05) is 30.8 Å². The number of aliphatic hydroxyl groups is 1. The molecule has 0 spiro atoms. The molecule has 2 amide bonds. The molecule has 1 atom stereocenters. The molecule has 10 heteroatoms. The van der Waals surface area contributed by atoms with E-state index in [4.69, 9.17) is 10.2 Å². The topological polar surface area (TPSA) is 142 Å². The maximum absolute atomic E-state index is 13.3. The van der Waals surface area contributed by atoms with Crippen LogP contribution in [0.15, 0.2) is 18.2 Å². The Morgan fingerprint density at radius 1 is 1.43 bits per heavy atom. The molecule has 0 bridgehead atoms. The molecule has 0 aromatic heterocycles. The predicted molar refractivity (Wildman–Crippen MR) is 68.3 cm³/mol. The van der Waals surface area contributed by atoms with Crippen molar-refractivity contribution in [1.82, 2.24) is 5.32 Å². The summed E-state index contributed by atoms with van der Waals surface area (Å²) in [4.78, 5) is 31.2. The van der Waals surface area contributed by atoms with Crippen molar-refractivity contribution in [2.75, 3.05) is 11.9 Å². The number of nitrogens with zero attached hydrogens (tertiary/aromatic N) is 1. The minimum Gasteiger partial charge on any atom is -0.479 e. The molecule has 0 aliphatic carbocycles. The zero-order valence-electron chi connectivity index (χ0n) is 10.6. The summed E-state index contributed by atoms with van der Waals surface area (Å²) >= 11 is 0. The molecule has 0 radical (unpaired) electrons. The van der Waals surface area contributed by atoms with Crippen molar-refractivity contribution >= 4 is 23.4 Å². The second-order valence-electron chi connectivity index (χ2n) is 3.95. The van der Waals surface area contributed by atoms with Crippen LogP contribution in [-0.4, -0.2) is 39.8 Å². The van der Waals surface area contributed by atoms with E-state index >= 15 is 0 Å². The highest BCUT2D eigenvalue weighted by atomic mass is 19.1. The summed E-state index contributed by atoms with van der Waals surface area (Å²) in [6.07, 6.45) is -1.79. The third-order valence-electron chi connectivity index (χ3n) is 2.39. The molecule has 1 rings (SSSR count). The summed E-state index contributed by atoms with van der Waals surface area (Å²) in [7, 11) is 0. The van der Waals surface area contributed by atoms with Crippen molar-refractivity contribution in [2.45, 2.75) is 12.5 Å². The van der Waals surface area contributed by atoms with E-state index in [2.05, 4.69) is 10.6 Å². The van der Waals surface area contributed by atoms with Gasteiger partial charge in [-0.3, -0.25) is 10.1 Å². The monoisotopic (exact) mass is 301 g/mol. The number of carbonyl (C=O) groups is 2. The fourth-order valence-electron chi connectivity index (χ4n) is 1.35. The van der Waals surface area contributed by atoms with E-state index in [1.54, 1.807) is 0 Å². The number of rotatable bonds is 6. The van der Waals surface area contributed by atoms with Gasteiger partial charge in [-0.05, 0) is 6.07 Å². The number of carboxylic acid groups (broad SMARTS) is 1. The van der Waals surface area contributed by atoms with Gasteiger partial charge in [-0.25, -0.2) is 9.59 Å². The van der Waals surface area contributed by atoms with E-state index < -0.39 is 34.5 Å². The lowest BCUT2D eigenvalue weighted by Crippen LogP contribution is -2.33. The minimum atomic E-state index is -1.60. The minimum absolute atomic E-state index is 0.00520. The molecule has 0 aliphatic rings. The number of anilines is 1. The van der Waals surface area contributed by atoms with E-state index in [0.29, 0.717) is 0 Å². The molecular weight excluding hydrogens is 289 g/mol. The summed E-state index contributed by atoms with van der Waals surface area (Å²) in [5.41, 5.74) is -0.722. The summed E-state index contributed by atoms with van der Waals surface area (Å²) in [5.74, 6) is -2.51. The standard InChI is InChI=1S/C11H12FN3O6/c12-7-5-6(1-2-8(7)15(20)21)14-11(19)13-4-3-9(16)10(17)18/h1-2,5,9,16H,3-4H2,(H,17,18)(H2,13,14,19). The number of carboxylic acids is 1. The van der Waals surface area contributed by atoms with Crippen LogP contribution in [0.4, 0.5) is 20.6 Å². The number of hydrogen-bond donors (Lipinski definition) is 4. The lowest BCUT2D eigenvalue weighted by atomic mass is 10.2. The molecule has 0 aliphatic heterocycles. The van der Waals surface area contributed by atoms with Crippen LogP contribution in [0.1, 0.15) is 6.42 Å². The lowest BCUT2D eigenvalue weighted by molar-refractivity contribution is -0.387. The Labute approximate surface area is 117 Å². The number of halogens is 1. The quantitative estimate of drug-likeness (QED) is 0.450. The van der Waals surface area contributed by atoms with Crippen molar-refractivity contribution in [3.05, 3.63) is 34.1 Å². The molecule has 0 fully saturated rings. The molecule has 4 N–H and O–H groups in total. The second-order valence-corrected chi connectivity index (χ2v) is 3.95. The second kappa shape index (κ2) is 7.14. The molecule has 1 aromatic rings. The third-order valence-corrected chi connectivity index (χ3v) is 2.39. The van der Waals surface area contributed by atoms with Gasteiger partial charge in [0.25, 0.3) is 0 Å². The van der Waals surface area contributed by atoms with E-state index in [-0.39, 0.29) is 18.7 Å². The molecule has 1 unspecified atom stereocenters. The Hall–Kier alpha value is -2.75. The van der Waals surface area contributed by atoms with Gasteiger partial charge in [0.2, 0.25) is 5.82 Å². The number of aliphatic hydroxyl groups excluding tert-OH is 1. The molecule has 21 heavy (non-hydrogen) atoms. The maximum atomic E-state index is 13.3. The summed E-state index contributed by atoms with van der Waals surface area (Å²) in [5, 5.41) is 32.2. The van der Waals surface area contributed by atoms with Crippen LogP contribution < -0.4 is 10.6 Å². The summed E-state index contributed by atoms with van der Waals surface area (Å²) in [6.45, 7) is -0.116. The van der Waals surface area contributed by atoms with Crippen LogP contribution in [0.3, 0.4) is 0 Å². The van der Waals surface area contributed by atoms with Gasteiger partial charge in [0.1, 0.15) is 0 Å². The predicted octanol–water partition coefficient (Wildman–Crippen LogP) is 0.691. The zero-order chi connectivity index (χ0) is 16.0. The Morgan fingerprint density at radius 2 is 2.10 bits per heavy atom. The lowest BCUT2D eigenvalue weighted by Gasteiger charge is -2.09. The highest BCUT2D eigenvalue weighted by Gasteiger charge is 2.15. The van der Waals surface area contributed by atoms with Gasteiger partial charge < -0.3 is 20.8 Å². The number of nitro benzene ring substituents is 1. The molecule has 0 saturated carbocycles. The molecule has 0 heterocycles.